The molecule has 2 amide bonds. The van der Waals surface area contributed by atoms with Crippen LogP contribution in [0.15, 0.2) is 53.4 Å². The Morgan fingerprint density at radius 2 is 1.97 bits per heavy atom. The summed E-state index contributed by atoms with van der Waals surface area (Å²) in [5, 5.41) is 3.38. The Labute approximate surface area is 184 Å². The molecule has 1 aliphatic heterocycles. The molecule has 5 nitrogen and oxygen atoms in total. The molecule has 29 heavy (non-hydrogen) atoms. The van der Waals surface area contributed by atoms with Gasteiger partial charge in [-0.25, -0.2) is 0 Å². The molecule has 1 N–H and O–H groups in total. The molecule has 0 atom stereocenters. The standard InChI is InChI=1S/C21H19ClN2O3S2/c1-2-27-17-10-6-5-9-16(17)23-19(25)11-12-24-20(26)18(29-21(24)28)13-14-7-3-4-8-15(14)22/h3-10,13H,2,11-12H2,1H3,(H,23,25)/b18-13-. The molecule has 0 bridgehead atoms. The predicted octanol–water partition coefficient (Wildman–Crippen LogP) is 4.97. The smallest absolute Gasteiger partial charge is 0.266 e. The van der Waals surface area contributed by atoms with Crippen molar-refractivity contribution < 1.29 is 14.3 Å². The van der Waals surface area contributed by atoms with Crippen LogP contribution in [0, 0.1) is 0 Å². The first-order valence-corrected chi connectivity index (χ1v) is 10.6. The van der Waals surface area contributed by atoms with Gasteiger partial charge in [0.25, 0.3) is 5.91 Å². The average molecular weight is 447 g/mol. The largest absolute Gasteiger partial charge is 0.492 e. The normalized spacial score (nSPS) is 15.1. The van der Waals surface area contributed by atoms with Crippen LogP contribution in [0.4, 0.5) is 5.69 Å². The van der Waals surface area contributed by atoms with Crippen molar-refractivity contribution in [3.05, 3.63) is 64.0 Å². The van der Waals surface area contributed by atoms with E-state index < -0.39 is 0 Å². The number of benzene rings is 2. The number of nitrogens with one attached hydrogen (secondary N) is 1. The van der Waals surface area contributed by atoms with E-state index in [0.717, 1.165) is 5.56 Å². The first-order chi connectivity index (χ1) is 14.0. The average Bonchev–Trinajstić information content (AvgIpc) is 2.96. The van der Waals surface area contributed by atoms with E-state index in [9.17, 15) is 9.59 Å². The van der Waals surface area contributed by atoms with Crippen molar-refractivity contribution in [1.82, 2.24) is 4.90 Å². The van der Waals surface area contributed by atoms with Gasteiger partial charge in [-0.1, -0.05) is 65.9 Å². The number of anilines is 1. The Kier molecular flexibility index (Phi) is 7.30. The summed E-state index contributed by atoms with van der Waals surface area (Å²) >= 11 is 12.7. The number of amides is 2. The molecule has 0 saturated carbocycles. The summed E-state index contributed by atoms with van der Waals surface area (Å²) in [7, 11) is 0. The second-order valence-corrected chi connectivity index (χ2v) is 8.17. The molecule has 1 heterocycles. The van der Waals surface area contributed by atoms with E-state index in [1.165, 1.54) is 16.7 Å². The molecule has 1 aliphatic rings. The third-order valence-electron chi connectivity index (χ3n) is 4.09. The first-order valence-electron chi connectivity index (χ1n) is 9.01. The van der Waals surface area contributed by atoms with Crippen molar-refractivity contribution in [2.24, 2.45) is 0 Å². The summed E-state index contributed by atoms with van der Waals surface area (Å²) in [4.78, 5) is 27.0. The molecule has 1 fully saturated rings. The lowest BCUT2D eigenvalue weighted by atomic mass is 10.2. The maximum atomic E-state index is 12.7. The minimum absolute atomic E-state index is 0.117. The number of thioether (sulfide) groups is 1. The molecule has 3 rings (SSSR count). The van der Waals surface area contributed by atoms with Crippen molar-refractivity contribution in [3.63, 3.8) is 0 Å². The van der Waals surface area contributed by atoms with Crippen LogP contribution in [0.2, 0.25) is 5.02 Å². The van der Waals surface area contributed by atoms with Crippen molar-refractivity contribution in [1.29, 1.82) is 0 Å². The number of ether oxygens (including phenoxy) is 1. The minimum Gasteiger partial charge on any atom is -0.492 e. The topological polar surface area (TPSA) is 58.6 Å². The van der Waals surface area contributed by atoms with Gasteiger partial charge in [0.05, 0.1) is 17.2 Å². The Hall–Kier alpha value is -2.35. The number of carbonyl (C=O) groups excluding carboxylic acids is 2. The second-order valence-electron chi connectivity index (χ2n) is 6.08. The van der Waals surface area contributed by atoms with Gasteiger partial charge in [-0.15, -0.1) is 0 Å². The molecule has 8 heteroatoms. The van der Waals surface area contributed by atoms with Crippen LogP contribution >= 0.6 is 35.6 Å². The molecule has 0 aliphatic carbocycles. The summed E-state index contributed by atoms with van der Waals surface area (Å²) in [5.74, 6) is 0.167. The fourth-order valence-electron chi connectivity index (χ4n) is 2.70. The van der Waals surface area contributed by atoms with E-state index >= 15 is 0 Å². The van der Waals surface area contributed by atoms with E-state index in [1.54, 1.807) is 24.3 Å². The Morgan fingerprint density at radius 3 is 2.72 bits per heavy atom. The maximum absolute atomic E-state index is 12.7. The third-order valence-corrected chi connectivity index (χ3v) is 5.81. The van der Waals surface area contributed by atoms with Crippen LogP contribution in [0.3, 0.4) is 0 Å². The number of nitrogens with zero attached hydrogens (tertiary/aromatic N) is 1. The second kappa shape index (κ2) is 9.91. The van der Waals surface area contributed by atoms with Gasteiger partial charge in [-0.3, -0.25) is 14.5 Å². The highest BCUT2D eigenvalue weighted by molar-refractivity contribution is 8.26. The summed E-state index contributed by atoms with van der Waals surface area (Å²) in [6, 6.07) is 14.5. The van der Waals surface area contributed by atoms with Gasteiger partial charge < -0.3 is 10.1 Å². The SMILES string of the molecule is CCOc1ccccc1NC(=O)CCN1C(=O)/C(=C/c2ccccc2Cl)SC1=S. The van der Waals surface area contributed by atoms with Crippen LogP contribution in [-0.4, -0.2) is 34.2 Å². The number of hydrogen-bond acceptors (Lipinski definition) is 5. The Bertz CT molecular complexity index is 978. The van der Waals surface area contributed by atoms with E-state index in [1.807, 2.05) is 37.3 Å². The Morgan fingerprint density at radius 1 is 1.24 bits per heavy atom. The summed E-state index contributed by atoms with van der Waals surface area (Å²) < 4.78 is 5.94. The number of rotatable bonds is 7. The zero-order valence-corrected chi connectivity index (χ0v) is 18.1. The predicted molar refractivity (Wildman–Crippen MR) is 122 cm³/mol. The highest BCUT2D eigenvalue weighted by atomic mass is 35.5. The Balaban J connectivity index is 1.62. The molecular formula is C21H19ClN2O3S2. The van der Waals surface area contributed by atoms with Crippen LogP contribution in [0.25, 0.3) is 6.08 Å². The highest BCUT2D eigenvalue weighted by Gasteiger charge is 2.32. The fraction of sp³-hybridized carbons (Fsp3) is 0.190. The van der Waals surface area contributed by atoms with Gasteiger partial charge >= 0.3 is 0 Å². The molecule has 0 unspecified atom stereocenters. The maximum Gasteiger partial charge on any atom is 0.266 e. The molecule has 0 aromatic heterocycles. The van der Waals surface area contributed by atoms with Gasteiger partial charge in [-0.05, 0) is 36.8 Å². The van der Waals surface area contributed by atoms with E-state index in [4.69, 9.17) is 28.6 Å². The zero-order valence-electron chi connectivity index (χ0n) is 15.7. The zero-order chi connectivity index (χ0) is 20.8. The molecule has 2 aromatic rings. The van der Waals surface area contributed by atoms with Gasteiger partial charge in [0, 0.05) is 18.0 Å². The van der Waals surface area contributed by atoms with Crippen LogP contribution in [-0.2, 0) is 9.59 Å². The lowest BCUT2D eigenvalue weighted by molar-refractivity contribution is -0.122. The monoisotopic (exact) mass is 446 g/mol. The van der Waals surface area contributed by atoms with Crippen molar-refractivity contribution >= 4 is 63.5 Å². The lowest BCUT2D eigenvalue weighted by Gasteiger charge is -2.15. The molecule has 0 spiro atoms. The van der Waals surface area contributed by atoms with E-state index in [-0.39, 0.29) is 24.8 Å². The van der Waals surface area contributed by atoms with Crippen LogP contribution in [0.5, 0.6) is 5.75 Å². The minimum atomic E-state index is -0.221. The number of carbonyl (C=O) groups is 2. The molecule has 2 aromatic carbocycles. The number of para-hydroxylation sites is 2. The summed E-state index contributed by atoms with van der Waals surface area (Å²) in [5.41, 5.74) is 1.35. The summed E-state index contributed by atoms with van der Waals surface area (Å²) in [6.07, 6.45) is 1.84. The van der Waals surface area contributed by atoms with Gasteiger partial charge in [0.1, 0.15) is 10.1 Å². The number of thiocarbonyl (C=S) groups is 1. The molecule has 0 radical (unpaired) electrons. The van der Waals surface area contributed by atoms with Crippen molar-refractivity contribution in [2.45, 2.75) is 13.3 Å². The third kappa shape index (κ3) is 5.38. The van der Waals surface area contributed by atoms with Gasteiger partial charge in [0.15, 0.2) is 0 Å². The van der Waals surface area contributed by atoms with Crippen LogP contribution in [0.1, 0.15) is 18.9 Å². The van der Waals surface area contributed by atoms with Gasteiger partial charge in [0.2, 0.25) is 5.91 Å². The first kappa shape index (κ1) is 21.4. The molecule has 1 saturated heterocycles. The number of halogens is 1. The lowest BCUT2D eigenvalue weighted by Crippen LogP contribution is -2.31. The van der Waals surface area contributed by atoms with Gasteiger partial charge in [-0.2, -0.15) is 0 Å². The van der Waals surface area contributed by atoms with Crippen LogP contribution < -0.4 is 10.1 Å². The van der Waals surface area contributed by atoms with E-state index in [0.29, 0.717) is 32.3 Å². The quantitative estimate of drug-likeness (QED) is 0.480. The molecular weight excluding hydrogens is 428 g/mol. The van der Waals surface area contributed by atoms with Crippen molar-refractivity contribution in [3.8, 4) is 5.75 Å². The molecule has 150 valence electrons. The highest BCUT2D eigenvalue weighted by Crippen LogP contribution is 2.34. The van der Waals surface area contributed by atoms with Crippen molar-refractivity contribution in [2.75, 3.05) is 18.5 Å². The fourth-order valence-corrected chi connectivity index (χ4v) is 4.19. The number of hydrogen-bond donors (Lipinski definition) is 1. The summed E-state index contributed by atoms with van der Waals surface area (Å²) in [6.45, 7) is 2.58. The van der Waals surface area contributed by atoms with E-state index in [2.05, 4.69) is 5.32 Å².